The first-order chi connectivity index (χ1) is 15.6. The Bertz CT molecular complexity index is 1050. The van der Waals surface area contributed by atoms with Crippen molar-refractivity contribution >= 4 is 23.2 Å². The molecule has 1 saturated carbocycles. The number of halogens is 1. The molecule has 2 aromatic rings. The molecule has 1 aliphatic carbocycles. The Morgan fingerprint density at radius 3 is 2.48 bits per heavy atom. The number of nitrogens with zero attached hydrogens (tertiary/aromatic N) is 3. The predicted molar refractivity (Wildman–Crippen MR) is 130 cm³/mol. The zero-order valence-corrected chi connectivity index (χ0v) is 20.4. The van der Waals surface area contributed by atoms with Gasteiger partial charge in [-0.1, -0.05) is 39.3 Å². The molecule has 0 amide bonds. The minimum Gasteiger partial charge on any atom is -0.489 e. The Hall–Kier alpha value is -2.62. The van der Waals surface area contributed by atoms with Gasteiger partial charge < -0.3 is 15.0 Å². The van der Waals surface area contributed by atoms with Crippen LogP contribution in [0.3, 0.4) is 0 Å². The second-order valence-corrected chi connectivity index (χ2v) is 10.6. The molecule has 1 aromatic carbocycles. The van der Waals surface area contributed by atoms with Gasteiger partial charge in [0.15, 0.2) is 5.78 Å². The van der Waals surface area contributed by atoms with Gasteiger partial charge in [0.2, 0.25) is 0 Å². The summed E-state index contributed by atoms with van der Waals surface area (Å²) < 4.78 is 6.33. The van der Waals surface area contributed by atoms with Gasteiger partial charge in [0.25, 0.3) is 0 Å². The van der Waals surface area contributed by atoms with Crippen LogP contribution in [-0.4, -0.2) is 43.1 Å². The molecule has 7 heteroatoms. The fraction of sp³-hybridized carbons (Fsp3) is 0.500. The highest BCUT2D eigenvalue weighted by Gasteiger charge is 2.63. The summed E-state index contributed by atoms with van der Waals surface area (Å²) in [7, 11) is 0. The summed E-state index contributed by atoms with van der Waals surface area (Å²) in [6, 6.07) is 11.1. The van der Waals surface area contributed by atoms with Crippen molar-refractivity contribution in [1.29, 1.82) is 5.26 Å². The van der Waals surface area contributed by atoms with Crippen LogP contribution in [0, 0.1) is 28.1 Å². The molecule has 1 saturated heterocycles. The van der Waals surface area contributed by atoms with E-state index in [1.54, 1.807) is 24.4 Å². The number of benzene rings is 1. The number of ether oxygens (including phenoxy) is 1. The molecule has 2 aliphatic rings. The molecule has 2 heterocycles. The molecule has 174 valence electrons. The van der Waals surface area contributed by atoms with Gasteiger partial charge in [-0.2, -0.15) is 5.26 Å². The number of carbonyl (C=O) groups is 1. The highest BCUT2D eigenvalue weighted by molar-refractivity contribution is 6.31. The summed E-state index contributed by atoms with van der Waals surface area (Å²) in [5.74, 6) is 1.83. The maximum absolute atomic E-state index is 13.1. The van der Waals surface area contributed by atoms with E-state index in [2.05, 4.69) is 49.0 Å². The number of rotatable bonds is 6. The third-order valence-electron chi connectivity index (χ3n) is 7.36. The van der Waals surface area contributed by atoms with Crippen LogP contribution in [0.2, 0.25) is 5.02 Å². The minimum atomic E-state index is -0.201. The van der Waals surface area contributed by atoms with Crippen LogP contribution in [0.5, 0.6) is 5.75 Å². The van der Waals surface area contributed by atoms with Gasteiger partial charge in [-0.15, -0.1) is 0 Å². The average molecular weight is 467 g/mol. The standard InChI is InChI=1S/C26H31ClN4O2/c1-25(2)22(26(3,4)24(25)33-19-7-5-17(15-28)20(27)13-19)14-21(32)18-6-8-23(30-16-18)31-11-9-29-10-12-31/h5-8,13,16,22,24,29H,9-12,14H2,1-4H3. The van der Waals surface area contributed by atoms with Crippen LogP contribution in [0.1, 0.15) is 50.0 Å². The highest BCUT2D eigenvalue weighted by Crippen LogP contribution is 2.61. The van der Waals surface area contributed by atoms with Gasteiger partial charge in [0.05, 0.1) is 10.6 Å². The number of pyridine rings is 1. The SMILES string of the molecule is CC1(C)C(CC(=O)c2ccc(N3CCNCC3)nc2)C(C)(C)C1Oc1ccc(C#N)c(Cl)c1. The van der Waals surface area contributed by atoms with Crippen molar-refractivity contribution in [3.63, 3.8) is 0 Å². The second kappa shape index (κ2) is 8.96. The molecule has 0 atom stereocenters. The number of hydrogen-bond acceptors (Lipinski definition) is 6. The summed E-state index contributed by atoms with van der Waals surface area (Å²) in [6.07, 6.45) is 2.08. The van der Waals surface area contributed by atoms with Gasteiger partial charge >= 0.3 is 0 Å². The summed E-state index contributed by atoms with van der Waals surface area (Å²) in [5.41, 5.74) is 0.682. The van der Waals surface area contributed by atoms with Crippen molar-refractivity contribution in [2.75, 3.05) is 31.1 Å². The third-order valence-corrected chi connectivity index (χ3v) is 7.68. The first-order valence-corrected chi connectivity index (χ1v) is 11.8. The number of Topliss-reactive ketones (excluding diaryl/α,β-unsaturated/α-hetero) is 1. The highest BCUT2D eigenvalue weighted by atomic mass is 35.5. The molecule has 2 fully saturated rings. The number of hydrogen-bond donors (Lipinski definition) is 1. The lowest BCUT2D eigenvalue weighted by atomic mass is 9.44. The topological polar surface area (TPSA) is 78.2 Å². The summed E-state index contributed by atoms with van der Waals surface area (Å²) in [4.78, 5) is 19.9. The molecule has 1 N–H and O–H groups in total. The smallest absolute Gasteiger partial charge is 0.164 e. The van der Waals surface area contributed by atoms with E-state index in [1.807, 2.05) is 12.1 Å². The second-order valence-electron chi connectivity index (χ2n) is 10.2. The molecule has 0 bridgehead atoms. The van der Waals surface area contributed by atoms with E-state index in [1.165, 1.54) is 0 Å². The molecule has 0 spiro atoms. The molecule has 0 radical (unpaired) electrons. The monoisotopic (exact) mass is 466 g/mol. The number of ketones is 1. The van der Waals surface area contributed by atoms with Gasteiger partial charge in [0.1, 0.15) is 23.7 Å². The molecular formula is C26H31ClN4O2. The Balaban J connectivity index is 1.43. The number of piperazine rings is 1. The van der Waals surface area contributed by atoms with Crippen LogP contribution >= 0.6 is 11.6 Å². The fourth-order valence-corrected chi connectivity index (χ4v) is 5.96. The van der Waals surface area contributed by atoms with Crippen LogP contribution in [-0.2, 0) is 0 Å². The van der Waals surface area contributed by atoms with Crippen molar-refractivity contribution in [3.05, 3.63) is 52.7 Å². The maximum Gasteiger partial charge on any atom is 0.164 e. The first-order valence-electron chi connectivity index (χ1n) is 11.5. The largest absolute Gasteiger partial charge is 0.489 e. The zero-order chi connectivity index (χ0) is 23.8. The Morgan fingerprint density at radius 2 is 1.91 bits per heavy atom. The number of carbonyl (C=O) groups excluding carboxylic acids is 1. The van der Waals surface area contributed by atoms with E-state index >= 15 is 0 Å². The van der Waals surface area contributed by atoms with E-state index < -0.39 is 0 Å². The van der Waals surface area contributed by atoms with E-state index in [4.69, 9.17) is 21.6 Å². The normalized spacial score (nSPS) is 23.3. The Labute approximate surface area is 200 Å². The minimum absolute atomic E-state index is 0.0833. The van der Waals surface area contributed by atoms with E-state index in [0.29, 0.717) is 28.3 Å². The lowest BCUT2D eigenvalue weighted by Gasteiger charge is -2.63. The first kappa shape index (κ1) is 23.5. The lowest BCUT2D eigenvalue weighted by Crippen LogP contribution is -2.66. The Kier molecular flexibility index (Phi) is 6.39. The molecule has 1 aromatic heterocycles. The number of nitrogens with one attached hydrogen (secondary N) is 1. The third kappa shape index (κ3) is 4.45. The van der Waals surface area contributed by atoms with Crippen LogP contribution < -0.4 is 15.0 Å². The molecular weight excluding hydrogens is 436 g/mol. The molecule has 6 nitrogen and oxygen atoms in total. The van der Waals surface area contributed by atoms with Gasteiger partial charge in [-0.25, -0.2) is 4.98 Å². The predicted octanol–water partition coefficient (Wildman–Crippen LogP) is 4.72. The lowest BCUT2D eigenvalue weighted by molar-refractivity contribution is -0.196. The van der Waals surface area contributed by atoms with Gasteiger partial charge in [-0.3, -0.25) is 4.79 Å². The molecule has 1 aliphatic heterocycles. The van der Waals surface area contributed by atoms with Crippen LogP contribution in [0.4, 0.5) is 5.82 Å². The van der Waals surface area contributed by atoms with Crippen molar-refractivity contribution in [2.24, 2.45) is 16.7 Å². The summed E-state index contributed by atoms with van der Waals surface area (Å²) in [5, 5.41) is 12.8. The Morgan fingerprint density at radius 1 is 1.21 bits per heavy atom. The number of aromatic nitrogens is 1. The van der Waals surface area contributed by atoms with Crippen molar-refractivity contribution in [3.8, 4) is 11.8 Å². The number of nitriles is 1. The van der Waals surface area contributed by atoms with E-state index in [9.17, 15) is 4.79 Å². The molecule has 4 rings (SSSR count). The van der Waals surface area contributed by atoms with Crippen molar-refractivity contribution < 1.29 is 9.53 Å². The van der Waals surface area contributed by atoms with E-state index in [0.717, 1.165) is 32.0 Å². The summed E-state index contributed by atoms with van der Waals surface area (Å²) >= 11 is 6.18. The molecule has 33 heavy (non-hydrogen) atoms. The number of anilines is 1. The van der Waals surface area contributed by atoms with E-state index in [-0.39, 0.29) is 28.6 Å². The average Bonchev–Trinajstić information content (AvgIpc) is 2.81. The van der Waals surface area contributed by atoms with Crippen LogP contribution in [0.15, 0.2) is 36.5 Å². The molecule has 0 unspecified atom stereocenters. The zero-order valence-electron chi connectivity index (χ0n) is 19.7. The van der Waals surface area contributed by atoms with Crippen LogP contribution in [0.25, 0.3) is 0 Å². The van der Waals surface area contributed by atoms with Gasteiger partial charge in [0, 0.05) is 61.3 Å². The fourth-order valence-electron chi connectivity index (χ4n) is 5.75. The van der Waals surface area contributed by atoms with Crippen molar-refractivity contribution in [2.45, 2.75) is 40.2 Å². The van der Waals surface area contributed by atoms with Gasteiger partial charge in [-0.05, 0) is 30.2 Å². The van der Waals surface area contributed by atoms with Crippen molar-refractivity contribution in [1.82, 2.24) is 10.3 Å². The maximum atomic E-state index is 13.1. The summed E-state index contributed by atoms with van der Waals surface area (Å²) in [6.45, 7) is 12.4. The quantitative estimate of drug-likeness (QED) is 0.620.